The molecule has 25 heavy (non-hydrogen) atoms. The highest BCUT2D eigenvalue weighted by Crippen LogP contribution is 2.21. The first-order valence-corrected chi connectivity index (χ1v) is 9.04. The zero-order valence-corrected chi connectivity index (χ0v) is 14.9. The summed E-state index contributed by atoms with van der Waals surface area (Å²) in [7, 11) is 0. The zero-order valence-electron chi connectivity index (χ0n) is 14.9. The lowest BCUT2D eigenvalue weighted by atomic mass is 10.00. The van der Waals surface area contributed by atoms with Crippen molar-refractivity contribution >= 4 is 11.7 Å². The molecule has 2 aliphatic heterocycles. The van der Waals surface area contributed by atoms with E-state index >= 15 is 0 Å². The summed E-state index contributed by atoms with van der Waals surface area (Å²) in [4.78, 5) is 25.3. The second kappa shape index (κ2) is 8.08. The summed E-state index contributed by atoms with van der Waals surface area (Å²) in [5.74, 6) is 0.246. The second-order valence-electron chi connectivity index (χ2n) is 7.22. The zero-order chi connectivity index (χ0) is 17.8. The van der Waals surface area contributed by atoms with Gasteiger partial charge < -0.3 is 10.1 Å². The maximum absolute atomic E-state index is 13.1. The van der Waals surface area contributed by atoms with Crippen molar-refractivity contribution in [3.8, 4) is 0 Å². The first kappa shape index (κ1) is 18.0. The van der Waals surface area contributed by atoms with E-state index < -0.39 is 12.1 Å². The van der Waals surface area contributed by atoms with Crippen molar-refractivity contribution in [1.82, 2.24) is 15.8 Å². The van der Waals surface area contributed by atoms with Crippen LogP contribution >= 0.6 is 0 Å². The summed E-state index contributed by atoms with van der Waals surface area (Å²) in [6, 6.07) is 9.46. The van der Waals surface area contributed by atoms with E-state index in [1.165, 1.54) is 5.01 Å². The summed E-state index contributed by atoms with van der Waals surface area (Å²) < 4.78 is 5.97. The fourth-order valence-corrected chi connectivity index (χ4v) is 3.50. The third-order valence-corrected chi connectivity index (χ3v) is 4.76. The number of rotatable bonds is 6. The standard InChI is InChI=1S/C19H27N3O3/c1-13(2)10-17(25-12-14-6-4-3-5-7-14)19(24)22-18-15(8-9-21-22)20-11-16(18)23/h3-7,13,15,17-18,20-21H,8-12H2,1-2H3/t15-,17+,18+/m1/s1. The summed E-state index contributed by atoms with van der Waals surface area (Å²) in [5, 5.41) is 4.73. The van der Waals surface area contributed by atoms with Gasteiger partial charge in [-0.1, -0.05) is 44.2 Å². The number of amides is 1. The van der Waals surface area contributed by atoms with Gasteiger partial charge in [0.1, 0.15) is 12.1 Å². The average molecular weight is 345 g/mol. The molecular formula is C19H27N3O3. The molecule has 0 bridgehead atoms. The number of fused-ring (bicyclic) bond motifs is 1. The highest BCUT2D eigenvalue weighted by Gasteiger charge is 2.45. The molecule has 0 radical (unpaired) electrons. The molecule has 0 aromatic heterocycles. The molecule has 0 spiro atoms. The van der Waals surface area contributed by atoms with Gasteiger partial charge in [0.05, 0.1) is 13.2 Å². The van der Waals surface area contributed by atoms with Crippen LogP contribution in [0.2, 0.25) is 0 Å². The van der Waals surface area contributed by atoms with Crippen LogP contribution in [-0.4, -0.2) is 48.0 Å². The Morgan fingerprint density at radius 3 is 2.80 bits per heavy atom. The van der Waals surface area contributed by atoms with E-state index in [2.05, 4.69) is 24.6 Å². The maximum atomic E-state index is 13.1. The molecule has 0 saturated carbocycles. The molecule has 6 nitrogen and oxygen atoms in total. The minimum Gasteiger partial charge on any atom is -0.364 e. The van der Waals surface area contributed by atoms with Gasteiger partial charge in [0.15, 0.2) is 5.78 Å². The van der Waals surface area contributed by atoms with Crippen LogP contribution in [0, 0.1) is 5.92 Å². The fourth-order valence-electron chi connectivity index (χ4n) is 3.50. The number of Topliss-reactive ketones (excluding diaryl/α,β-unsaturated/α-hetero) is 1. The number of carbonyl (C=O) groups excluding carboxylic acids is 2. The van der Waals surface area contributed by atoms with E-state index in [0.717, 1.165) is 12.0 Å². The molecule has 2 saturated heterocycles. The first-order chi connectivity index (χ1) is 12.1. The van der Waals surface area contributed by atoms with Crippen molar-refractivity contribution in [3.05, 3.63) is 35.9 Å². The first-order valence-electron chi connectivity index (χ1n) is 9.04. The second-order valence-corrected chi connectivity index (χ2v) is 7.22. The molecule has 2 fully saturated rings. The number of hydrogen-bond acceptors (Lipinski definition) is 5. The van der Waals surface area contributed by atoms with E-state index in [1.807, 2.05) is 30.3 Å². The van der Waals surface area contributed by atoms with Crippen LogP contribution < -0.4 is 10.7 Å². The molecular weight excluding hydrogens is 318 g/mol. The minimum absolute atomic E-state index is 0.0477. The predicted octanol–water partition coefficient (Wildman–Crippen LogP) is 1.26. The van der Waals surface area contributed by atoms with Gasteiger partial charge in [-0.25, -0.2) is 5.43 Å². The predicted molar refractivity (Wildman–Crippen MR) is 94.5 cm³/mol. The van der Waals surface area contributed by atoms with Crippen LogP contribution in [-0.2, 0) is 20.9 Å². The largest absolute Gasteiger partial charge is 0.364 e. The number of carbonyl (C=O) groups is 2. The van der Waals surface area contributed by atoms with Crippen LogP contribution in [0.1, 0.15) is 32.3 Å². The Morgan fingerprint density at radius 1 is 1.32 bits per heavy atom. The van der Waals surface area contributed by atoms with Crippen molar-refractivity contribution < 1.29 is 14.3 Å². The van der Waals surface area contributed by atoms with Crippen LogP contribution in [0.5, 0.6) is 0 Å². The topological polar surface area (TPSA) is 70.7 Å². The van der Waals surface area contributed by atoms with Crippen molar-refractivity contribution in [2.45, 2.75) is 51.5 Å². The average Bonchev–Trinajstić information content (AvgIpc) is 3.00. The van der Waals surface area contributed by atoms with Gasteiger partial charge in [-0.05, 0) is 24.3 Å². The van der Waals surface area contributed by atoms with Gasteiger partial charge >= 0.3 is 0 Å². The van der Waals surface area contributed by atoms with Crippen molar-refractivity contribution in [2.75, 3.05) is 13.1 Å². The van der Waals surface area contributed by atoms with Crippen molar-refractivity contribution in [1.29, 1.82) is 0 Å². The Kier molecular flexibility index (Phi) is 5.83. The third kappa shape index (κ3) is 4.26. The van der Waals surface area contributed by atoms with E-state index in [1.54, 1.807) is 0 Å². The van der Waals surface area contributed by atoms with Crippen molar-refractivity contribution in [3.63, 3.8) is 0 Å². The molecule has 1 amide bonds. The van der Waals surface area contributed by atoms with Crippen LogP contribution in [0.25, 0.3) is 0 Å². The lowest BCUT2D eigenvalue weighted by Gasteiger charge is -2.38. The van der Waals surface area contributed by atoms with Gasteiger partial charge in [-0.3, -0.25) is 14.6 Å². The molecule has 3 rings (SSSR count). The molecule has 1 aromatic carbocycles. The summed E-state index contributed by atoms with van der Waals surface area (Å²) in [5.41, 5.74) is 4.15. The smallest absolute Gasteiger partial charge is 0.266 e. The van der Waals surface area contributed by atoms with Gasteiger partial charge in [-0.2, -0.15) is 0 Å². The van der Waals surface area contributed by atoms with E-state index in [9.17, 15) is 9.59 Å². The lowest BCUT2D eigenvalue weighted by molar-refractivity contribution is -0.156. The minimum atomic E-state index is -0.556. The van der Waals surface area contributed by atoms with Crippen LogP contribution in [0.3, 0.4) is 0 Å². The quantitative estimate of drug-likeness (QED) is 0.812. The molecule has 136 valence electrons. The lowest BCUT2D eigenvalue weighted by Crippen LogP contribution is -2.63. The number of nitrogens with zero attached hydrogens (tertiary/aromatic N) is 1. The number of hydrazine groups is 1. The summed E-state index contributed by atoms with van der Waals surface area (Å²) in [6.07, 6.45) is 0.919. The molecule has 2 heterocycles. The van der Waals surface area contributed by atoms with E-state index in [4.69, 9.17) is 4.74 Å². The molecule has 1 aromatic rings. The maximum Gasteiger partial charge on any atom is 0.266 e. The highest BCUT2D eigenvalue weighted by molar-refractivity contribution is 5.94. The SMILES string of the molecule is CC(C)C[C@H](OCc1ccccc1)C(=O)N1NCC[C@H]2NCC(=O)[C@H]21. The molecule has 6 heteroatoms. The molecule has 3 atom stereocenters. The number of hydrogen-bond donors (Lipinski definition) is 2. The van der Waals surface area contributed by atoms with Gasteiger partial charge in [0.2, 0.25) is 0 Å². The molecule has 2 aliphatic rings. The Hall–Kier alpha value is -1.76. The Labute approximate surface area is 148 Å². The Morgan fingerprint density at radius 2 is 2.08 bits per heavy atom. The van der Waals surface area contributed by atoms with Gasteiger partial charge in [0.25, 0.3) is 5.91 Å². The van der Waals surface area contributed by atoms with Gasteiger partial charge in [0, 0.05) is 12.6 Å². The molecule has 2 N–H and O–H groups in total. The van der Waals surface area contributed by atoms with E-state index in [-0.39, 0.29) is 17.7 Å². The van der Waals surface area contributed by atoms with Crippen LogP contribution in [0.4, 0.5) is 0 Å². The Balaban J connectivity index is 1.70. The third-order valence-electron chi connectivity index (χ3n) is 4.76. The van der Waals surface area contributed by atoms with Crippen molar-refractivity contribution in [2.24, 2.45) is 5.92 Å². The van der Waals surface area contributed by atoms with Gasteiger partial charge in [-0.15, -0.1) is 0 Å². The summed E-state index contributed by atoms with van der Waals surface area (Å²) in [6.45, 7) is 5.54. The number of ether oxygens (including phenoxy) is 1. The monoisotopic (exact) mass is 345 g/mol. The molecule has 0 aliphatic carbocycles. The van der Waals surface area contributed by atoms with E-state index in [0.29, 0.717) is 32.0 Å². The number of ketones is 1. The Bertz CT molecular complexity index is 605. The number of nitrogens with one attached hydrogen (secondary N) is 2. The fraction of sp³-hybridized carbons (Fsp3) is 0.579. The normalized spacial score (nSPS) is 24.4. The summed E-state index contributed by atoms with van der Waals surface area (Å²) >= 11 is 0. The number of benzene rings is 1. The van der Waals surface area contributed by atoms with Crippen LogP contribution in [0.15, 0.2) is 30.3 Å². The molecule has 0 unspecified atom stereocenters. The highest BCUT2D eigenvalue weighted by atomic mass is 16.5.